The maximum Gasteiger partial charge on any atom is 0.410 e. The minimum atomic E-state index is -0.488. The zero-order valence-corrected chi connectivity index (χ0v) is 13.3. The molecule has 1 saturated heterocycles. The number of amides is 1. The second kappa shape index (κ2) is 5.14. The Morgan fingerprint density at radius 3 is 2.64 bits per heavy atom. The van der Waals surface area contributed by atoms with E-state index in [-0.39, 0.29) is 17.3 Å². The van der Waals surface area contributed by atoms with Crippen LogP contribution in [0.25, 0.3) is 0 Å². The first kappa shape index (κ1) is 15.1. The van der Waals surface area contributed by atoms with E-state index in [4.69, 9.17) is 9.47 Å². The van der Waals surface area contributed by atoms with Gasteiger partial charge in [-0.2, -0.15) is 0 Å². The molecule has 1 amide bonds. The molecule has 5 heteroatoms. The molecule has 3 rings (SSSR count). The lowest BCUT2D eigenvalue weighted by molar-refractivity contribution is 0.0152. The maximum absolute atomic E-state index is 13.8. The molecular formula is C17H22FNO3. The Morgan fingerprint density at radius 2 is 2.00 bits per heavy atom. The van der Waals surface area contributed by atoms with Gasteiger partial charge in [-0.05, 0) is 39.7 Å². The fraction of sp³-hybridized carbons (Fsp3) is 0.588. The van der Waals surface area contributed by atoms with Gasteiger partial charge in [-0.15, -0.1) is 0 Å². The van der Waals surface area contributed by atoms with E-state index >= 15 is 0 Å². The van der Waals surface area contributed by atoms with Crippen molar-refractivity contribution >= 4 is 6.09 Å². The van der Waals surface area contributed by atoms with Crippen molar-refractivity contribution in [3.8, 4) is 5.75 Å². The van der Waals surface area contributed by atoms with Gasteiger partial charge in [0.1, 0.15) is 5.60 Å². The molecule has 1 aromatic rings. The Labute approximate surface area is 130 Å². The molecule has 2 heterocycles. The highest BCUT2D eigenvalue weighted by molar-refractivity contribution is 5.68. The number of fused-ring (bicyclic) bond motifs is 2. The quantitative estimate of drug-likeness (QED) is 0.736. The van der Waals surface area contributed by atoms with Crippen molar-refractivity contribution in [2.75, 3.05) is 19.7 Å². The molecule has 0 bridgehead atoms. The summed E-state index contributed by atoms with van der Waals surface area (Å²) in [6.07, 6.45) is 1.26. The third kappa shape index (κ3) is 2.64. The Kier molecular flexibility index (Phi) is 3.54. The van der Waals surface area contributed by atoms with Gasteiger partial charge < -0.3 is 14.4 Å². The van der Waals surface area contributed by atoms with Gasteiger partial charge in [-0.1, -0.05) is 12.1 Å². The number of hydrogen-bond acceptors (Lipinski definition) is 3. The first-order chi connectivity index (χ1) is 10.3. The molecule has 0 saturated carbocycles. The summed E-state index contributed by atoms with van der Waals surface area (Å²) in [6.45, 7) is 7.29. The number of hydrogen-bond donors (Lipinski definition) is 0. The number of carbonyl (C=O) groups is 1. The first-order valence-electron chi connectivity index (χ1n) is 7.70. The molecule has 2 aliphatic rings. The van der Waals surface area contributed by atoms with Crippen molar-refractivity contribution in [3.63, 3.8) is 0 Å². The normalized spacial score (nSPS) is 19.7. The number of nitrogens with zero attached hydrogens (tertiary/aromatic N) is 1. The third-order valence-electron chi connectivity index (χ3n) is 4.40. The summed E-state index contributed by atoms with van der Waals surface area (Å²) >= 11 is 0. The van der Waals surface area contributed by atoms with Gasteiger partial charge in [0.25, 0.3) is 0 Å². The van der Waals surface area contributed by atoms with Crippen molar-refractivity contribution in [2.24, 2.45) is 0 Å². The zero-order chi connectivity index (χ0) is 16.0. The molecule has 1 spiro atoms. The number of ether oxygens (including phenoxy) is 2. The van der Waals surface area contributed by atoms with Crippen LogP contribution in [0.2, 0.25) is 0 Å². The highest BCUT2D eigenvalue weighted by Gasteiger charge is 2.45. The predicted molar refractivity (Wildman–Crippen MR) is 80.6 cm³/mol. The van der Waals surface area contributed by atoms with E-state index in [0.717, 1.165) is 18.4 Å². The van der Waals surface area contributed by atoms with Crippen LogP contribution in [-0.2, 0) is 10.2 Å². The summed E-state index contributed by atoms with van der Waals surface area (Å²) in [5.74, 6) is 0.0807. The van der Waals surface area contributed by atoms with Crippen molar-refractivity contribution in [3.05, 3.63) is 29.6 Å². The molecule has 1 fully saturated rings. The SMILES string of the molecule is CC(C)(C)OC(=O)N1CCC2(CC1)COc1c(F)cccc12. The fourth-order valence-electron chi connectivity index (χ4n) is 3.22. The van der Waals surface area contributed by atoms with Crippen molar-refractivity contribution in [2.45, 2.75) is 44.6 Å². The number of carbonyl (C=O) groups excluding carboxylic acids is 1. The average Bonchev–Trinajstić information content (AvgIpc) is 2.78. The molecule has 22 heavy (non-hydrogen) atoms. The molecule has 0 N–H and O–H groups in total. The van der Waals surface area contributed by atoms with E-state index in [9.17, 15) is 9.18 Å². The van der Waals surface area contributed by atoms with E-state index in [1.807, 2.05) is 26.8 Å². The summed E-state index contributed by atoms with van der Waals surface area (Å²) < 4.78 is 24.8. The number of rotatable bonds is 0. The van der Waals surface area contributed by atoms with Gasteiger partial charge in [-0.3, -0.25) is 0 Å². The van der Waals surface area contributed by atoms with Crippen LogP contribution >= 0.6 is 0 Å². The smallest absolute Gasteiger partial charge is 0.410 e. The van der Waals surface area contributed by atoms with E-state index in [1.165, 1.54) is 6.07 Å². The lowest BCUT2D eigenvalue weighted by atomic mass is 9.74. The van der Waals surface area contributed by atoms with Crippen molar-refractivity contribution in [1.82, 2.24) is 4.90 Å². The van der Waals surface area contributed by atoms with E-state index in [1.54, 1.807) is 11.0 Å². The summed E-state index contributed by atoms with van der Waals surface area (Å²) in [4.78, 5) is 13.9. The number of likely N-dealkylation sites (tertiary alicyclic amines) is 1. The van der Waals surface area contributed by atoms with Gasteiger partial charge in [0.15, 0.2) is 11.6 Å². The summed E-state index contributed by atoms with van der Waals surface area (Å²) in [6, 6.07) is 5.09. The number of halogens is 1. The Morgan fingerprint density at radius 1 is 1.32 bits per heavy atom. The van der Waals surface area contributed by atoms with Crippen molar-refractivity contribution in [1.29, 1.82) is 0 Å². The molecule has 0 radical (unpaired) electrons. The first-order valence-corrected chi connectivity index (χ1v) is 7.70. The second-order valence-corrected chi connectivity index (χ2v) is 7.15. The minimum Gasteiger partial charge on any atom is -0.489 e. The van der Waals surface area contributed by atoms with E-state index in [0.29, 0.717) is 25.4 Å². The maximum atomic E-state index is 13.8. The van der Waals surface area contributed by atoms with Gasteiger partial charge in [0.05, 0.1) is 6.61 Å². The minimum absolute atomic E-state index is 0.171. The van der Waals surface area contributed by atoms with Gasteiger partial charge in [0, 0.05) is 24.1 Å². The van der Waals surface area contributed by atoms with Crippen LogP contribution < -0.4 is 4.74 Å². The number of para-hydroxylation sites is 1. The molecule has 0 atom stereocenters. The highest BCUT2D eigenvalue weighted by Crippen LogP contribution is 2.46. The molecule has 0 aliphatic carbocycles. The molecule has 0 aromatic heterocycles. The largest absolute Gasteiger partial charge is 0.489 e. The summed E-state index contributed by atoms with van der Waals surface area (Å²) in [7, 11) is 0. The molecule has 2 aliphatic heterocycles. The number of benzene rings is 1. The summed E-state index contributed by atoms with van der Waals surface area (Å²) in [5, 5.41) is 0. The van der Waals surface area contributed by atoms with E-state index in [2.05, 4.69) is 0 Å². The van der Waals surface area contributed by atoms with Crippen LogP contribution in [0.3, 0.4) is 0 Å². The lowest BCUT2D eigenvalue weighted by Gasteiger charge is -2.38. The molecule has 0 unspecified atom stereocenters. The van der Waals surface area contributed by atoms with Gasteiger partial charge >= 0.3 is 6.09 Å². The molecule has 120 valence electrons. The molecule has 1 aromatic carbocycles. The Bertz CT molecular complexity index is 586. The predicted octanol–water partition coefficient (Wildman–Crippen LogP) is 3.49. The van der Waals surface area contributed by atoms with Crippen LogP contribution in [-0.4, -0.2) is 36.3 Å². The van der Waals surface area contributed by atoms with Gasteiger partial charge in [0.2, 0.25) is 0 Å². The fourth-order valence-corrected chi connectivity index (χ4v) is 3.22. The van der Waals surface area contributed by atoms with Gasteiger partial charge in [-0.25, -0.2) is 9.18 Å². The van der Waals surface area contributed by atoms with Crippen LogP contribution in [0.15, 0.2) is 18.2 Å². The third-order valence-corrected chi connectivity index (χ3v) is 4.40. The lowest BCUT2D eigenvalue weighted by Crippen LogP contribution is -2.47. The standard InChI is InChI=1S/C17H22FNO3/c1-16(2,3)22-15(20)19-9-7-17(8-10-19)11-21-14-12(17)5-4-6-13(14)18/h4-6H,7-11H2,1-3H3. The Hall–Kier alpha value is -1.78. The van der Waals surface area contributed by atoms with Crippen LogP contribution in [0.1, 0.15) is 39.2 Å². The highest BCUT2D eigenvalue weighted by atomic mass is 19.1. The second-order valence-electron chi connectivity index (χ2n) is 7.15. The zero-order valence-electron chi connectivity index (χ0n) is 13.3. The molecular weight excluding hydrogens is 285 g/mol. The average molecular weight is 307 g/mol. The van der Waals surface area contributed by atoms with Crippen molar-refractivity contribution < 1.29 is 18.7 Å². The van der Waals surface area contributed by atoms with Crippen LogP contribution in [0, 0.1) is 5.82 Å². The Balaban J connectivity index is 1.71. The topological polar surface area (TPSA) is 38.8 Å². The summed E-state index contributed by atoms with van der Waals surface area (Å²) in [5.41, 5.74) is 0.283. The molecule has 4 nitrogen and oxygen atoms in total. The van der Waals surface area contributed by atoms with Crippen LogP contribution in [0.4, 0.5) is 9.18 Å². The monoisotopic (exact) mass is 307 g/mol. The van der Waals surface area contributed by atoms with Crippen LogP contribution in [0.5, 0.6) is 5.75 Å². The van der Waals surface area contributed by atoms with E-state index < -0.39 is 5.60 Å². The number of piperidine rings is 1.